The summed E-state index contributed by atoms with van der Waals surface area (Å²) in [5.41, 5.74) is 0.473. The van der Waals surface area contributed by atoms with Crippen LogP contribution in [0.15, 0.2) is 45.1 Å². The first-order chi connectivity index (χ1) is 6.36. The van der Waals surface area contributed by atoms with Crippen molar-refractivity contribution in [2.24, 2.45) is 0 Å². The van der Waals surface area contributed by atoms with Gasteiger partial charge in [0.2, 0.25) is 0 Å². The van der Waals surface area contributed by atoms with Gasteiger partial charge in [-0.15, -0.1) is 11.3 Å². The second-order valence-electron chi connectivity index (χ2n) is 2.68. The molecule has 66 valence electrons. The number of thiophene rings is 1. The van der Waals surface area contributed by atoms with Gasteiger partial charge in [0.25, 0.3) is 0 Å². The van der Waals surface area contributed by atoms with Crippen LogP contribution in [-0.2, 0) is 6.42 Å². The summed E-state index contributed by atoms with van der Waals surface area (Å²) in [7, 11) is 0. The molecule has 2 rings (SSSR count). The van der Waals surface area contributed by atoms with Gasteiger partial charge in [-0.1, -0.05) is 6.07 Å². The minimum absolute atomic E-state index is 0.240. The molecule has 13 heavy (non-hydrogen) atoms. The smallest absolute Gasteiger partial charge is 0.339 e. The van der Waals surface area contributed by atoms with Crippen molar-refractivity contribution >= 4 is 11.3 Å². The average Bonchev–Trinajstić information content (AvgIpc) is 2.61. The van der Waals surface area contributed by atoms with Crippen molar-refractivity contribution in [3.05, 3.63) is 56.8 Å². The van der Waals surface area contributed by atoms with E-state index in [0.717, 1.165) is 0 Å². The fraction of sp³-hybridized carbons (Fsp3) is 0.100. The molecule has 0 radical (unpaired) electrons. The number of hydrogen-bond acceptors (Lipinski definition) is 3. The molecule has 2 aromatic heterocycles. The molecule has 0 aliphatic carbocycles. The van der Waals surface area contributed by atoms with Gasteiger partial charge in [-0.2, -0.15) is 0 Å². The van der Waals surface area contributed by atoms with Crippen molar-refractivity contribution in [3.63, 3.8) is 0 Å². The summed E-state index contributed by atoms with van der Waals surface area (Å²) in [4.78, 5) is 12.4. The molecule has 0 saturated carbocycles. The van der Waals surface area contributed by atoms with Crippen LogP contribution in [0.4, 0.5) is 0 Å². The molecule has 2 heterocycles. The predicted molar refractivity (Wildman–Crippen MR) is 52.1 cm³/mol. The lowest BCUT2D eigenvalue weighted by Crippen LogP contribution is -2.05. The fourth-order valence-electron chi connectivity index (χ4n) is 1.13. The van der Waals surface area contributed by atoms with Crippen molar-refractivity contribution in [3.8, 4) is 0 Å². The lowest BCUT2D eigenvalue weighted by Gasteiger charge is -1.94. The lowest BCUT2D eigenvalue weighted by atomic mass is 10.2. The standard InChI is InChI=1S/C10H8O2S/c11-10-8(3-1-5-12-10)7-9-4-2-6-13-9/h1-6H,7H2. The highest BCUT2D eigenvalue weighted by molar-refractivity contribution is 7.09. The van der Waals surface area contributed by atoms with Crippen molar-refractivity contribution in [1.82, 2.24) is 0 Å². The van der Waals surface area contributed by atoms with Gasteiger partial charge in [-0.05, 0) is 23.6 Å². The van der Waals surface area contributed by atoms with Crippen LogP contribution < -0.4 is 5.63 Å². The molecule has 0 unspecified atom stereocenters. The van der Waals surface area contributed by atoms with Crippen LogP contribution in [0.1, 0.15) is 10.4 Å². The summed E-state index contributed by atoms with van der Waals surface area (Å²) in [6.07, 6.45) is 2.07. The largest absolute Gasteiger partial charge is 0.431 e. The summed E-state index contributed by atoms with van der Waals surface area (Å²) in [6, 6.07) is 7.53. The molecule has 0 fully saturated rings. The van der Waals surface area contributed by atoms with Gasteiger partial charge >= 0.3 is 5.63 Å². The minimum Gasteiger partial charge on any atom is -0.431 e. The van der Waals surface area contributed by atoms with E-state index in [9.17, 15) is 4.79 Å². The second-order valence-corrected chi connectivity index (χ2v) is 3.71. The summed E-state index contributed by atoms with van der Waals surface area (Å²) < 4.78 is 4.76. The van der Waals surface area contributed by atoms with Crippen LogP contribution in [0.3, 0.4) is 0 Å². The van der Waals surface area contributed by atoms with E-state index in [0.29, 0.717) is 12.0 Å². The molecule has 3 heteroatoms. The van der Waals surface area contributed by atoms with E-state index in [1.54, 1.807) is 23.5 Å². The first-order valence-electron chi connectivity index (χ1n) is 3.95. The van der Waals surface area contributed by atoms with E-state index >= 15 is 0 Å². The molecule has 0 aromatic carbocycles. The Hall–Kier alpha value is -1.35. The summed E-state index contributed by atoms with van der Waals surface area (Å²) in [5, 5.41) is 2.00. The van der Waals surface area contributed by atoms with Crippen LogP contribution in [0.25, 0.3) is 0 Å². The molecule has 2 aromatic rings. The molecule has 0 N–H and O–H groups in total. The maximum atomic E-state index is 11.2. The highest BCUT2D eigenvalue weighted by Gasteiger charge is 2.01. The number of hydrogen-bond donors (Lipinski definition) is 0. The first-order valence-corrected chi connectivity index (χ1v) is 4.83. The van der Waals surface area contributed by atoms with Gasteiger partial charge in [0.1, 0.15) is 0 Å². The van der Waals surface area contributed by atoms with Crippen LogP contribution in [-0.4, -0.2) is 0 Å². The van der Waals surface area contributed by atoms with Gasteiger partial charge < -0.3 is 4.42 Å². The van der Waals surface area contributed by atoms with E-state index in [1.807, 2.05) is 17.5 Å². The molecular formula is C10H8O2S. The third-order valence-electron chi connectivity index (χ3n) is 1.76. The Balaban J connectivity index is 2.29. The summed E-state index contributed by atoms with van der Waals surface area (Å²) >= 11 is 1.65. The zero-order chi connectivity index (χ0) is 9.10. The third kappa shape index (κ3) is 1.87. The van der Waals surface area contributed by atoms with Crippen molar-refractivity contribution in [1.29, 1.82) is 0 Å². The van der Waals surface area contributed by atoms with Gasteiger partial charge in [0.05, 0.1) is 6.26 Å². The van der Waals surface area contributed by atoms with Crippen molar-refractivity contribution in [2.45, 2.75) is 6.42 Å². The lowest BCUT2D eigenvalue weighted by molar-refractivity contribution is 0.503. The van der Waals surface area contributed by atoms with Crippen LogP contribution in [0.5, 0.6) is 0 Å². The maximum absolute atomic E-state index is 11.2. The van der Waals surface area contributed by atoms with Crippen LogP contribution in [0, 0.1) is 0 Å². The highest BCUT2D eigenvalue weighted by Crippen LogP contribution is 2.12. The van der Waals surface area contributed by atoms with Crippen LogP contribution >= 0.6 is 11.3 Å². The first kappa shape index (κ1) is 8.26. The van der Waals surface area contributed by atoms with Crippen molar-refractivity contribution < 1.29 is 4.42 Å². The van der Waals surface area contributed by atoms with E-state index in [-0.39, 0.29) is 5.63 Å². The zero-order valence-corrected chi connectivity index (χ0v) is 7.71. The van der Waals surface area contributed by atoms with E-state index < -0.39 is 0 Å². The average molecular weight is 192 g/mol. The maximum Gasteiger partial charge on any atom is 0.339 e. The molecule has 0 saturated heterocycles. The van der Waals surface area contributed by atoms with Gasteiger partial charge in [0.15, 0.2) is 0 Å². The van der Waals surface area contributed by atoms with Crippen LogP contribution in [0.2, 0.25) is 0 Å². The predicted octanol–water partition coefficient (Wildman–Crippen LogP) is 2.29. The van der Waals surface area contributed by atoms with Gasteiger partial charge in [-0.3, -0.25) is 0 Å². The Morgan fingerprint density at radius 1 is 1.31 bits per heavy atom. The molecular weight excluding hydrogens is 184 g/mol. The molecule has 0 spiro atoms. The molecule has 0 amide bonds. The van der Waals surface area contributed by atoms with E-state index in [4.69, 9.17) is 4.42 Å². The molecule has 0 atom stereocenters. The fourth-order valence-corrected chi connectivity index (χ4v) is 1.86. The molecule has 0 aliphatic rings. The Morgan fingerprint density at radius 3 is 2.92 bits per heavy atom. The Labute approximate surface area is 79.5 Å². The third-order valence-corrected chi connectivity index (χ3v) is 2.63. The molecule has 0 aliphatic heterocycles. The molecule has 0 bridgehead atoms. The topological polar surface area (TPSA) is 30.2 Å². The van der Waals surface area contributed by atoms with Gasteiger partial charge in [-0.25, -0.2) is 4.79 Å². The van der Waals surface area contributed by atoms with Gasteiger partial charge in [0, 0.05) is 16.9 Å². The summed E-state index contributed by atoms with van der Waals surface area (Å²) in [5.74, 6) is 0. The normalized spacial score (nSPS) is 10.2. The van der Waals surface area contributed by atoms with Crippen molar-refractivity contribution in [2.75, 3.05) is 0 Å². The molecule has 2 nitrogen and oxygen atoms in total. The van der Waals surface area contributed by atoms with E-state index in [2.05, 4.69) is 0 Å². The Bertz CT molecular complexity index is 428. The Morgan fingerprint density at radius 2 is 2.23 bits per heavy atom. The SMILES string of the molecule is O=c1occcc1Cc1cccs1. The quantitative estimate of drug-likeness (QED) is 0.730. The number of rotatable bonds is 2. The monoisotopic (exact) mass is 192 g/mol. The summed E-state index contributed by atoms with van der Waals surface area (Å²) in [6.45, 7) is 0. The van der Waals surface area contributed by atoms with E-state index in [1.165, 1.54) is 11.1 Å². The second kappa shape index (κ2) is 3.58. The highest BCUT2D eigenvalue weighted by atomic mass is 32.1. The zero-order valence-electron chi connectivity index (χ0n) is 6.90. The Kier molecular flexibility index (Phi) is 2.27. The minimum atomic E-state index is -0.240.